The summed E-state index contributed by atoms with van der Waals surface area (Å²) in [7, 11) is 0. The van der Waals surface area contributed by atoms with Gasteiger partial charge in [0.2, 0.25) is 0 Å². The van der Waals surface area contributed by atoms with Crippen LogP contribution in [-0.4, -0.2) is 16.0 Å². The van der Waals surface area contributed by atoms with E-state index >= 15 is 0 Å². The lowest BCUT2D eigenvalue weighted by molar-refractivity contribution is 0.886. The highest BCUT2D eigenvalue weighted by atomic mass is 35.5. The number of nitrogens with zero attached hydrogens (tertiary/aromatic N) is 2. The monoisotopic (exact) mass is 225 g/mol. The van der Waals surface area contributed by atoms with Crippen LogP contribution in [0.4, 0.5) is 5.82 Å². The first-order valence-electron chi connectivity index (χ1n) is 5.07. The lowest BCUT2D eigenvalue weighted by Crippen LogP contribution is -2.14. The van der Waals surface area contributed by atoms with Crippen LogP contribution in [0.25, 0.3) is 0 Å². The standard InChI is InChI=1S/C11H16ClN3/c1-4-6-9-10(12)13-7-14-11(9)15-8(3)5-2/h5,7-8H,2,4,6H2,1,3H3,(H,13,14,15). The molecule has 0 aliphatic rings. The highest BCUT2D eigenvalue weighted by Crippen LogP contribution is 2.21. The summed E-state index contributed by atoms with van der Waals surface area (Å²) in [5.74, 6) is 0.809. The van der Waals surface area contributed by atoms with Gasteiger partial charge in [0.25, 0.3) is 0 Å². The second-order valence-electron chi connectivity index (χ2n) is 3.41. The van der Waals surface area contributed by atoms with E-state index < -0.39 is 0 Å². The molecule has 1 aromatic heterocycles. The van der Waals surface area contributed by atoms with Gasteiger partial charge in [0.15, 0.2) is 0 Å². The van der Waals surface area contributed by atoms with Gasteiger partial charge in [-0.2, -0.15) is 0 Å². The second-order valence-corrected chi connectivity index (χ2v) is 3.77. The van der Waals surface area contributed by atoms with Crippen molar-refractivity contribution in [3.63, 3.8) is 0 Å². The van der Waals surface area contributed by atoms with E-state index in [0.29, 0.717) is 5.15 Å². The summed E-state index contributed by atoms with van der Waals surface area (Å²) in [6, 6.07) is 0.173. The van der Waals surface area contributed by atoms with Crippen molar-refractivity contribution in [2.24, 2.45) is 0 Å². The molecule has 0 spiro atoms. The van der Waals surface area contributed by atoms with Gasteiger partial charge in [-0.05, 0) is 13.3 Å². The normalized spacial score (nSPS) is 12.2. The summed E-state index contributed by atoms with van der Waals surface area (Å²) in [4.78, 5) is 8.17. The van der Waals surface area contributed by atoms with Crippen LogP contribution in [0.3, 0.4) is 0 Å². The summed E-state index contributed by atoms with van der Waals surface area (Å²) in [5, 5.41) is 3.77. The van der Waals surface area contributed by atoms with Crippen molar-refractivity contribution in [3.8, 4) is 0 Å². The third kappa shape index (κ3) is 3.20. The van der Waals surface area contributed by atoms with Crippen molar-refractivity contribution in [1.82, 2.24) is 9.97 Å². The van der Waals surface area contributed by atoms with Crippen LogP contribution >= 0.6 is 11.6 Å². The molecule has 1 heterocycles. The Kier molecular flexibility index (Phi) is 4.56. The van der Waals surface area contributed by atoms with Crippen molar-refractivity contribution in [3.05, 3.63) is 29.7 Å². The van der Waals surface area contributed by atoms with Gasteiger partial charge >= 0.3 is 0 Å². The zero-order chi connectivity index (χ0) is 11.3. The molecule has 0 aromatic carbocycles. The first-order chi connectivity index (χ1) is 7.19. The van der Waals surface area contributed by atoms with Crippen molar-refractivity contribution >= 4 is 17.4 Å². The molecule has 0 radical (unpaired) electrons. The van der Waals surface area contributed by atoms with Crippen molar-refractivity contribution in [2.45, 2.75) is 32.7 Å². The smallest absolute Gasteiger partial charge is 0.137 e. The predicted molar refractivity (Wildman–Crippen MR) is 64.3 cm³/mol. The van der Waals surface area contributed by atoms with Crippen LogP contribution in [0.15, 0.2) is 19.0 Å². The number of hydrogen-bond acceptors (Lipinski definition) is 3. The Hall–Kier alpha value is -1.09. The van der Waals surface area contributed by atoms with E-state index in [-0.39, 0.29) is 6.04 Å². The number of anilines is 1. The van der Waals surface area contributed by atoms with Crippen LogP contribution < -0.4 is 5.32 Å². The molecular formula is C11H16ClN3. The quantitative estimate of drug-likeness (QED) is 0.618. The summed E-state index contributed by atoms with van der Waals surface area (Å²) in [5.41, 5.74) is 0.982. The molecule has 0 saturated carbocycles. The SMILES string of the molecule is C=CC(C)Nc1ncnc(Cl)c1CCC. The van der Waals surface area contributed by atoms with Gasteiger partial charge in [0.1, 0.15) is 17.3 Å². The largest absolute Gasteiger partial charge is 0.364 e. The Morgan fingerprint density at radius 2 is 2.33 bits per heavy atom. The maximum atomic E-state index is 6.02. The lowest BCUT2D eigenvalue weighted by Gasteiger charge is -2.14. The molecule has 0 aliphatic carbocycles. The van der Waals surface area contributed by atoms with E-state index in [2.05, 4.69) is 28.8 Å². The second kappa shape index (κ2) is 5.71. The molecule has 1 atom stereocenters. The third-order valence-electron chi connectivity index (χ3n) is 2.11. The molecule has 1 N–H and O–H groups in total. The number of nitrogens with one attached hydrogen (secondary N) is 1. The Morgan fingerprint density at radius 1 is 1.60 bits per heavy atom. The highest BCUT2D eigenvalue weighted by molar-refractivity contribution is 6.30. The molecule has 0 saturated heterocycles. The van der Waals surface area contributed by atoms with E-state index in [0.717, 1.165) is 24.2 Å². The number of halogens is 1. The van der Waals surface area contributed by atoms with Crippen LogP contribution in [0.2, 0.25) is 5.15 Å². The van der Waals surface area contributed by atoms with Gasteiger partial charge in [0.05, 0.1) is 0 Å². The molecule has 4 heteroatoms. The molecule has 3 nitrogen and oxygen atoms in total. The van der Waals surface area contributed by atoms with Crippen LogP contribution in [0.5, 0.6) is 0 Å². The Morgan fingerprint density at radius 3 is 2.93 bits per heavy atom. The third-order valence-corrected chi connectivity index (χ3v) is 2.44. The Labute approximate surface area is 95.6 Å². The van der Waals surface area contributed by atoms with Crippen LogP contribution in [0, 0.1) is 0 Å². The molecule has 82 valence electrons. The number of hydrogen-bond donors (Lipinski definition) is 1. The van der Waals surface area contributed by atoms with Crippen LogP contribution in [-0.2, 0) is 6.42 Å². The van der Waals surface area contributed by atoms with Crippen molar-refractivity contribution in [1.29, 1.82) is 0 Å². The van der Waals surface area contributed by atoms with Crippen molar-refractivity contribution < 1.29 is 0 Å². The maximum absolute atomic E-state index is 6.02. The molecular weight excluding hydrogens is 210 g/mol. The highest BCUT2D eigenvalue weighted by Gasteiger charge is 2.09. The number of rotatable bonds is 5. The average Bonchev–Trinajstić information content (AvgIpc) is 2.23. The minimum atomic E-state index is 0.173. The summed E-state index contributed by atoms with van der Waals surface area (Å²) in [6.45, 7) is 7.83. The fourth-order valence-electron chi connectivity index (χ4n) is 1.26. The lowest BCUT2D eigenvalue weighted by atomic mass is 10.2. The molecule has 1 aromatic rings. The van der Waals surface area contributed by atoms with Gasteiger partial charge in [-0.25, -0.2) is 9.97 Å². The molecule has 15 heavy (non-hydrogen) atoms. The fraction of sp³-hybridized carbons (Fsp3) is 0.455. The molecule has 1 rings (SSSR count). The van der Waals surface area contributed by atoms with Gasteiger partial charge < -0.3 is 5.32 Å². The molecule has 1 unspecified atom stereocenters. The molecule has 0 bridgehead atoms. The van der Waals surface area contributed by atoms with E-state index in [1.165, 1.54) is 6.33 Å². The zero-order valence-electron chi connectivity index (χ0n) is 9.13. The van der Waals surface area contributed by atoms with Gasteiger partial charge in [-0.3, -0.25) is 0 Å². The molecule has 0 aliphatic heterocycles. The molecule has 0 fully saturated rings. The van der Waals surface area contributed by atoms with E-state index in [1.807, 2.05) is 13.0 Å². The van der Waals surface area contributed by atoms with Crippen LogP contribution in [0.1, 0.15) is 25.8 Å². The summed E-state index contributed by atoms with van der Waals surface area (Å²) < 4.78 is 0. The van der Waals surface area contributed by atoms with Crippen molar-refractivity contribution in [2.75, 3.05) is 5.32 Å². The topological polar surface area (TPSA) is 37.8 Å². The van der Waals surface area contributed by atoms with Gasteiger partial charge in [0, 0.05) is 11.6 Å². The Bertz CT molecular complexity index is 339. The van der Waals surface area contributed by atoms with E-state index in [9.17, 15) is 0 Å². The van der Waals surface area contributed by atoms with Gasteiger partial charge in [-0.1, -0.05) is 31.0 Å². The zero-order valence-corrected chi connectivity index (χ0v) is 9.88. The minimum absolute atomic E-state index is 0.173. The average molecular weight is 226 g/mol. The van der Waals surface area contributed by atoms with E-state index in [4.69, 9.17) is 11.6 Å². The fourth-order valence-corrected chi connectivity index (χ4v) is 1.49. The predicted octanol–water partition coefficient (Wildman–Crippen LogP) is 3.07. The number of aromatic nitrogens is 2. The Balaban J connectivity index is 2.94. The first kappa shape index (κ1) is 12.0. The molecule has 0 amide bonds. The minimum Gasteiger partial charge on any atom is -0.364 e. The first-order valence-corrected chi connectivity index (χ1v) is 5.45. The maximum Gasteiger partial charge on any atom is 0.137 e. The van der Waals surface area contributed by atoms with E-state index in [1.54, 1.807) is 0 Å². The summed E-state index contributed by atoms with van der Waals surface area (Å²) >= 11 is 6.02. The summed E-state index contributed by atoms with van der Waals surface area (Å²) in [6.07, 6.45) is 5.20. The van der Waals surface area contributed by atoms with Gasteiger partial charge in [-0.15, -0.1) is 6.58 Å².